The van der Waals surface area contributed by atoms with E-state index >= 15 is 0 Å². The van der Waals surface area contributed by atoms with Crippen LogP contribution in [0, 0.1) is 0 Å². The molecule has 0 spiro atoms. The van der Waals surface area contributed by atoms with Crippen LogP contribution in [0.1, 0.15) is 6.42 Å². The molecule has 2 bridgehead atoms. The van der Waals surface area contributed by atoms with Gasteiger partial charge in [-0.2, -0.15) is 0 Å². The van der Waals surface area contributed by atoms with Crippen LogP contribution in [-0.4, -0.2) is 88.4 Å². The van der Waals surface area contributed by atoms with E-state index in [1.54, 1.807) is 7.11 Å². The number of hydrogen-bond donors (Lipinski definition) is 2. The van der Waals surface area contributed by atoms with E-state index in [4.69, 9.17) is 4.74 Å². The average molecular weight is 397 g/mol. The Morgan fingerprint density at radius 1 is 1.25 bits per heavy atom. The highest BCUT2D eigenvalue weighted by Gasteiger charge is 2.31. The van der Waals surface area contributed by atoms with Crippen molar-refractivity contribution in [2.75, 3.05) is 66.6 Å². The molecular weight excluding hydrogens is 369 g/mol. The highest BCUT2D eigenvalue weighted by molar-refractivity contribution is 14.0. The molecule has 0 radical (unpaired) electrons. The van der Waals surface area contributed by atoms with Gasteiger partial charge in [-0.05, 0) is 6.42 Å². The number of hydrogen-bond acceptors (Lipinski definition) is 4. The number of nitrogens with zero attached hydrogens (tertiary/aromatic N) is 3. The van der Waals surface area contributed by atoms with Crippen LogP contribution >= 0.6 is 24.0 Å². The molecule has 1 atom stereocenters. The molecule has 1 unspecified atom stereocenters. The summed E-state index contributed by atoms with van der Waals surface area (Å²) in [5.41, 5.74) is 0. The molecule has 7 heteroatoms. The van der Waals surface area contributed by atoms with Crippen LogP contribution in [-0.2, 0) is 4.74 Å². The van der Waals surface area contributed by atoms with Gasteiger partial charge >= 0.3 is 0 Å². The Morgan fingerprint density at radius 3 is 2.55 bits per heavy atom. The minimum Gasteiger partial charge on any atom is -0.385 e. The first-order chi connectivity index (χ1) is 9.33. The van der Waals surface area contributed by atoms with Crippen LogP contribution in [0.25, 0.3) is 0 Å². The summed E-state index contributed by atoms with van der Waals surface area (Å²) in [7, 11) is 3.55. The molecule has 0 aromatic rings. The largest absolute Gasteiger partial charge is 0.385 e. The molecule has 0 aromatic heterocycles. The smallest absolute Gasteiger partial charge is 0.191 e. The molecule has 3 aliphatic rings. The zero-order valence-corrected chi connectivity index (χ0v) is 14.9. The van der Waals surface area contributed by atoms with Gasteiger partial charge in [0.15, 0.2) is 5.96 Å². The third-order valence-electron chi connectivity index (χ3n) is 3.94. The Labute approximate surface area is 139 Å². The SMILES string of the molecule is CN=C(NCCCOC)NCC1CN2CCN1CC2.I. The number of fused-ring (bicyclic) bond motifs is 3. The molecule has 3 rings (SSSR count). The molecule has 3 fully saturated rings. The summed E-state index contributed by atoms with van der Waals surface area (Å²) in [6, 6.07) is 0.625. The number of halogens is 1. The third kappa shape index (κ3) is 5.34. The van der Waals surface area contributed by atoms with Crippen molar-refractivity contribution in [3.63, 3.8) is 0 Å². The van der Waals surface area contributed by atoms with Crippen LogP contribution in [0.4, 0.5) is 0 Å². The number of guanidine groups is 1. The summed E-state index contributed by atoms with van der Waals surface area (Å²) >= 11 is 0. The number of piperazine rings is 3. The van der Waals surface area contributed by atoms with Gasteiger partial charge in [-0.15, -0.1) is 24.0 Å². The Kier molecular flexibility index (Phi) is 8.74. The number of methoxy groups -OCH3 is 1. The summed E-state index contributed by atoms with van der Waals surface area (Å²) < 4.78 is 5.03. The number of rotatable bonds is 6. The zero-order chi connectivity index (χ0) is 13.5. The van der Waals surface area contributed by atoms with Crippen molar-refractivity contribution in [2.45, 2.75) is 12.5 Å². The fourth-order valence-corrected chi connectivity index (χ4v) is 2.78. The molecule has 20 heavy (non-hydrogen) atoms. The average Bonchev–Trinajstić information content (AvgIpc) is 2.48. The monoisotopic (exact) mass is 397 g/mol. The van der Waals surface area contributed by atoms with E-state index in [0.717, 1.165) is 32.1 Å². The van der Waals surface area contributed by atoms with E-state index in [-0.39, 0.29) is 24.0 Å². The summed E-state index contributed by atoms with van der Waals surface area (Å²) in [6.45, 7) is 8.75. The lowest BCUT2D eigenvalue weighted by molar-refractivity contribution is 0.0154. The summed E-state index contributed by atoms with van der Waals surface area (Å²) in [6.07, 6.45) is 1.00. The molecule has 6 nitrogen and oxygen atoms in total. The highest BCUT2D eigenvalue weighted by Crippen LogP contribution is 2.14. The number of ether oxygens (including phenoxy) is 1. The predicted octanol–water partition coefficient (Wildman–Crippen LogP) is -0.194. The normalized spacial score (nSPS) is 28.9. The summed E-state index contributed by atoms with van der Waals surface area (Å²) in [5.74, 6) is 0.897. The predicted molar refractivity (Wildman–Crippen MR) is 93.1 cm³/mol. The van der Waals surface area contributed by atoms with E-state index < -0.39 is 0 Å². The topological polar surface area (TPSA) is 52.1 Å². The van der Waals surface area contributed by atoms with Crippen molar-refractivity contribution in [1.82, 2.24) is 20.4 Å². The van der Waals surface area contributed by atoms with Gasteiger partial charge in [-0.3, -0.25) is 14.8 Å². The van der Waals surface area contributed by atoms with Crippen molar-refractivity contribution in [3.8, 4) is 0 Å². The molecule has 2 N–H and O–H groups in total. The van der Waals surface area contributed by atoms with Gasteiger partial charge in [0, 0.05) is 72.6 Å². The standard InChI is InChI=1S/C13H27N5O.HI/c1-14-13(15-4-3-9-19-2)16-10-12-11-17-5-7-18(12)8-6-17;/h12H,3-11H2,1-2H3,(H2,14,15,16);1H. The Bertz CT molecular complexity index is 294. The zero-order valence-electron chi connectivity index (χ0n) is 12.6. The van der Waals surface area contributed by atoms with Crippen molar-refractivity contribution in [1.29, 1.82) is 0 Å². The third-order valence-corrected chi connectivity index (χ3v) is 3.94. The molecule has 0 aliphatic carbocycles. The van der Waals surface area contributed by atoms with Crippen LogP contribution < -0.4 is 10.6 Å². The maximum Gasteiger partial charge on any atom is 0.191 e. The molecule has 0 saturated carbocycles. The Morgan fingerprint density at radius 2 is 2.00 bits per heavy atom. The molecule has 118 valence electrons. The molecule has 3 saturated heterocycles. The lowest BCUT2D eigenvalue weighted by Gasteiger charge is -2.47. The van der Waals surface area contributed by atoms with Gasteiger partial charge in [-0.1, -0.05) is 0 Å². The van der Waals surface area contributed by atoms with Gasteiger partial charge in [0.05, 0.1) is 0 Å². The van der Waals surface area contributed by atoms with E-state index in [9.17, 15) is 0 Å². The number of nitrogens with one attached hydrogen (secondary N) is 2. The summed E-state index contributed by atoms with van der Waals surface area (Å²) in [5, 5.41) is 6.75. The van der Waals surface area contributed by atoms with Gasteiger partial charge in [0.2, 0.25) is 0 Å². The van der Waals surface area contributed by atoms with Crippen LogP contribution in [0.15, 0.2) is 4.99 Å². The van der Waals surface area contributed by atoms with Gasteiger partial charge in [-0.25, -0.2) is 0 Å². The van der Waals surface area contributed by atoms with E-state index in [2.05, 4.69) is 25.4 Å². The first-order valence-corrected chi connectivity index (χ1v) is 7.23. The van der Waals surface area contributed by atoms with Crippen LogP contribution in [0.2, 0.25) is 0 Å². The Hall–Kier alpha value is -0.120. The van der Waals surface area contributed by atoms with Crippen molar-refractivity contribution < 1.29 is 4.74 Å². The second-order valence-electron chi connectivity index (χ2n) is 5.22. The van der Waals surface area contributed by atoms with Crippen LogP contribution in [0.3, 0.4) is 0 Å². The lowest BCUT2D eigenvalue weighted by Crippen LogP contribution is -2.63. The van der Waals surface area contributed by atoms with Crippen LogP contribution in [0.5, 0.6) is 0 Å². The van der Waals surface area contributed by atoms with Gasteiger partial charge in [0.1, 0.15) is 0 Å². The lowest BCUT2D eigenvalue weighted by atomic mass is 10.1. The molecule has 3 aliphatic heterocycles. The molecule has 0 aromatic carbocycles. The van der Waals surface area contributed by atoms with Crippen molar-refractivity contribution in [2.24, 2.45) is 4.99 Å². The van der Waals surface area contributed by atoms with Crippen molar-refractivity contribution in [3.05, 3.63) is 0 Å². The molecule has 0 amide bonds. The first-order valence-electron chi connectivity index (χ1n) is 7.23. The van der Waals surface area contributed by atoms with Gasteiger partial charge < -0.3 is 15.4 Å². The highest BCUT2D eigenvalue weighted by atomic mass is 127. The maximum absolute atomic E-state index is 5.03. The Balaban J connectivity index is 0.00000200. The molecular formula is C13H28IN5O. The van der Waals surface area contributed by atoms with E-state index in [1.165, 1.54) is 32.7 Å². The second kappa shape index (κ2) is 9.75. The number of aliphatic imine (C=N–C) groups is 1. The second-order valence-corrected chi connectivity index (χ2v) is 5.22. The van der Waals surface area contributed by atoms with E-state index in [1.807, 2.05) is 7.05 Å². The quantitative estimate of drug-likeness (QED) is 0.282. The minimum absolute atomic E-state index is 0. The fraction of sp³-hybridized carbons (Fsp3) is 0.923. The molecule has 3 heterocycles. The van der Waals surface area contributed by atoms with Crippen molar-refractivity contribution >= 4 is 29.9 Å². The minimum atomic E-state index is 0. The summed E-state index contributed by atoms with van der Waals surface area (Å²) in [4.78, 5) is 9.40. The maximum atomic E-state index is 5.03. The fourth-order valence-electron chi connectivity index (χ4n) is 2.78. The van der Waals surface area contributed by atoms with E-state index in [0.29, 0.717) is 6.04 Å². The van der Waals surface area contributed by atoms with Gasteiger partial charge in [0.25, 0.3) is 0 Å². The first kappa shape index (κ1) is 17.9.